The van der Waals surface area contributed by atoms with E-state index in [-0.39, 0.29) is 0 Å². The Hall–Kier alpha value is -3.26. The Morgan fingerprint density at radius 1 is 1.11 bits per heavy atom. The second-order valence-electron chi connectivity index (χ2n) is 6.45. The van der Waals surface area contributed by atoms with Gasteiger partial charge in [-0.3, -0.25) is 0 Å². The normalized spacial score (nSPS) is 11.4. The van der Waals surface area contributed by atoms with Crippen molar-refractivity contribution >= 4 is 16.9 Å². The molecule has 3 N–H and O–H groups in total. The second kappa shape index (κ2) is 8.91. The summed E-state index contributed by atoms with van der Waals surface area (Å²) in [6.45, 7) is 6.38. The van der Waals surface area contributed by atoms with Gasteiger partial charge in [-0.05, 0) is 49.6 Å². The first kappa shape index (κ1) is 18.5. The van der Waals surface area contributed by atoms with Crippen LogP contribution >= 0.6 is 0 Å². The number of rotatable bonds is 6. The van der Waals surface area contributed by atoms with E-state index in [0.717, 1.165) is 31.0 Å². The zero-order chi connectivity index (χ0) is 19.1. The van der Waals surface area contributed by atoms with Crippen LogP contribution in [0.3, 0.4) is 0 Å². The number of H-pyrrole nitrogens is 1. The summed E-state index contributed by atoms with van der Waals surface area (Å²) in [5.74, 6) is 0.805. The SMILES string of the molecule is CCNC(=NCc1ccc(C#N)cc1)NCCc1c(C)[nH]c2ccccc12. The van der Waals surface area contributed by atoms with Crippen LogP contribution in [0.5, 0.6) is 0 Å². The first-order chi connectivity index (χ1) is 13.2. The maximum absolute atomic E-state index is 8.88. The number of aryl methyl sites for hydroxylation is 1. The number of aromatic nitrogens is 1. The lowest BCUT2D eigenvalue weighted by Gasteiger charge is -2.11. The van der Waals surface area contributed by atoms with Crippen molar-refractivity contribution in [3.8, 4) is 6.07 Å². The Labute approximate surface area is 160 Å². The van der Waals surface area contributed by atoms with Crippen molar-refractivity contribution in [2.45, 2.75) is 26.8 Å². The monoisotopic (exact) mass is 359 g/mol. The van der Waals surface area contributed by atoms with E-state index in [1.54, 1.807) is 0 Å². The van der Waals surface area contributed by atoms with Gasteiger partial charge in [0.25, 0.3) is 0 Å². The van der Waals surface area contributed by atoms with Crippen molar-refractivity contribution in [2.75, 3.05) is 13.1 Å². The highest BCUT2D eigenvalue weighted by Crippen LogP contribution is 2.21. The van der Waals surface area contributed by atoms with Crippen molar-refractivity contribution in [1.29, 1.82) is 5.26 Å². The molecule has 27 heavy (non-hydrogen) atoms. The average molecular weight is 359 g/mol. The summed E-state index contributed by atoms with van der Waals surface area (Å²) in [6.07, 6.45) is 0.928. The van der Waals surface area contributed by atoms with E-state index >= 15 is 0 Å². The topological polar surface area (TPSA) is 76.0 Å². The molecule has 0 saturated heterocycles. The van der Waals surface area contributed by atoms with Gasteiger partial charge in [-0.25, -0.2) is 4.99 Å². The van der Waals surface area contributed by atoms with Gasteiger partial charge < -0.3 is 15.6 Å². The molecule has 0 atom stereocenters. The van der Waals surface area contributed by atoms with E-state index in [1.807, 2.05) is 24.3 Å². The third-order valence-electron chi connectivity index (χ3n) is 4.54. The molecule has 0 radical (unpaired) electrons. The number of aliphatic imine (C=N–C) groups is 1. The summed E-state index contributed by atoms with van der Waals surface area (Å²) < 4.78 is 0. The molecule has 0 aliphatic carbocycles. The highest BCUT2D eigenvalue weighted by Gasteiger charge is 2.07. The van der Waals surface area contributed by atoms with Crippen molar-refractivity contribution in [1.82, 2.24) is 15.6 Å². The molecule has 0 spiro atoms. The predicted molar refractivity (Wildman–Crippen MR) is 111 cm³/mol. The van der Waals surface area contributed by atoms with Crippen molar-refractivity contribution < 1.29 is 0 Å². The molecule has 3 rings (SSSR count). The van der Waals surface area contributed by atoms with E-state index in [9.17, 15) is 0 Å². The quantitative estimate of drug-likeness (QED) is 0.464. The molecule has 0 aliphatic heterocycles. The molecule has 0 bridgehead atoms. The Morgan fingerprint density at radius 2 is 1.89 bits per heavy atom. The van der Waals surface area contributed by atoms with E-state index in [1.165, 1.54) is 22.2 Å². The van der Waals surface area contributed by atoms with Crippen LogP contribution in [-0.2, 0) is 13.0 Å². The van der Waals surface area contributed by atoms with Gasteiger partial charge in [0, 0.05) is 29.7 Å². The molecule has 5 heteroatoms. The zero-order valence-electron chi connectivity index (χ0n) is 15.8. The van der Waals surface area contributed by atoms with Crippen LogP contribution in [0.25, 0.3) is 10.9 Å². The van der Waals surface area contributed by atoms with Crippen LogP contribution in [-0.4, -0.2) is 24.0 Å². The van der Waals surface area contributed by atoms with Crippen LogP contribution in [0.15, 0.2) is 53.5 Å². The van der Waals surface area contributed by atoms with Gasteiger partial charge in [0.1, 0.15) is 0 Å². The molecule has 1 heterocycles. The third kappa shape index (κ3) is 4.68. The minimum Gasteiger partial charge on any atom is -0.358 e. The predicted octanol–water partition coefficient (Wildman–Crippen LogP) is 3.65. The van der Waals surface area contributed by atoms with Gasteiger partial charge in [0.15, 0.2) is 5.96 Å². The largest absolute Gasteiger partial charge is 0.358 e. The summed E-state index contributed by atoms with van der Waals surface area (Å²) >= 11 is 0. The molecule has 0 saturated carbocycles. The number of para-hydroxylation sites is 1. The van der Waals surface area contributed by atoms with Gasteiger partial charge in [-0.2, -0.15) is 5.26 Å². The Morgan fingerprint density at radius 3 is 2.63 bits per heavy atom. The molecule has 2 aromatic carbocycles. The molecule has 0 fully saturated rings. The fourth-order valence-electron chi connectivity index (χ4n) is 3.16. The number of hydrogen-bond acceptors (Lipinski definition) is 2. The zero-order valence-corrected chi connectivity index (χ0v) is 15.8. The van der Waals surface area contributed by atoms with Crippen molar-refractivity contribution in [2.24, 2.45) is 4.99 Å². The molecule has 0 aliphatic rings. The number of benzene rings is 2. The fourth-order valence-corrected chi connectivity index (χ4v) is 3.16. The summed E-state index contributed by atoms with van der Waals surface area (Å²) in [7, 11) is 0. The maximum atomic E-state index is 8.88. The number of fused-ring (bicyclic) bond motifs is 1. The Kier molecular flexibility index (Phi) is 6.11. The summed E-state index contributed by atoms with van der Waals surface area (Å²) in [5, 5.41) is 16.9. The van der Waals surface area contributed by atoms with E-state index in [0.29, 0.717) is 12.1 Å². The fraction of sp³-hybridized carbons (Fsp3) is 0.273. The summed E-state index contributed by atoms with van der Waals surface area (Å²) in [6, 6.07) is 18.1. The van der Waals surface area contributed by atoms with Crippen molar-refractivity contribution in [3.63, 3.8) is 0 Å². The number of aromatic amines is 1. The van der Waals surface area contributed by atoms with Crippen LogP contribution in [0.2, 0.25) is 0 Å². The van der Waals surface area contributed by atoms with Crippen LogP contribution < -0.4 is 10.6 Å². The number of nitrogens with one attached hydrogen (secondary N) is 3. The second-order valence-corrected chi connectivity index (χ2v) is 6.45. The first-order valence-corrected chi connectivity index (χ1v) is 9.28. The number of guanidine groups is 1. The van der Waals surface area contributed by atoms with E-state index < -0.39 is 0 Å². The first-order valence-electron chi connectivity index (χ1n) is 9.28. The Balaban J connectivity index is 1.62. The van der Waals surface area contributed by atoms with Gasteiger partial charge >= 0.3 is 0 Å². The van der Waals surface area contributed by atoms with Gasteiger partial charge in [-0.15, -0.1) is 0 Å². The Bertz CT molecular complexity index is 961. The molecule has 3 aromatic rings. The van der Waals surface area contributed by atoms with Gasteiger partial charge in [-0.1, -0.05) is 30.3 Å². The van der Waals surface area contributed by atoms with Crippen LogP contribution in [0.4, 0.5) is 0 Å². The molecule has 1 aromatic heterocycles. The van der Waals surface area contributed by atoms with E-state index in [4.69, 9.17) is 5.26 Å². The van der Waals surface area contributed by atoms with Crippen molar-refractivity contribution in [3.05, 3.63) is 70.9 Å². The lowest BCUT2D eigenvalue weighted by Crippen LogP contribution is -2.38. The minimum absolute atomic E-state index is 0.577. The molecule has 0 unspecified atom stereocenters. The maximum Gasteiger partial charge on any atom is 0.191 e. The highest BCUT2D eigenvalue weighted by molar-refractivity contribution is 5.84. The molecule has 0 amide bonds. The number of hydrogen-bond donors (Lipinski definition) is 3. The number of nitriles is 1. The lowest BCUT2D eigenvalue weighted by atomic mass is 10.1. The molecular formula is C22H25N5. The number of nitrogens with zero attached hydrogens (tertiary/aromatic N) is 2. The van der Waals surface area contributed by atoms with E-state index in [2.05, 4.69) is 64.8 Å². The minimum atomic E-state index is 0.577. The van der Waals surface area contributed by atoms with Gasteiger partial charge in [0.05, 0.1) is 18.2 Å². The molecule has 138 valence electrons. The average Bonchev–Trinajstić information content (AvgIpc) is 3.02. The lowest BCUT2D eigenvalue weighted by molar-refractivity contribution is 0.799. The van der Waals surface area contributed by atoms with Crippen LogP contribution in [0, 0.1) is 18.3 Å². The highest BCUT2D eigenvalue weighted by atomic mass is 15.2. The third-order valence-corrected chi connectivity index (χ3v) is 4.54. The van der Waals surface area contributed by atoms with Crippen LogP contribution in [0.1, 0.15) is 29.3 Å². The summed E-state index contributed by atoms with van der Waals surface area (Å²) in [4.78, 5) is 8.10. The standard InChI is InChI=1S/C22H25N5/c1-3-24-22(26-15-18-10-8-17(14-23)9-11-18)25-13-12-19-16(2)27-21-7-5-4-6-20(19)21/h4-11,27H,3,12-13,15H2,1-2H3,(H2,24,25,26). The smallest absolute Gasteiger partial charge is 0.191 e. The van der Waals surface area contributed by atoms with Gasteiger partial charge in [0.2, 0.25) is 0 Å². The summed E-state index contributed by atoms with van der Waals surface area (Å²) in [5.41, 5.74) is 5.51. The molecule has 5 nitrogen and oxygen atoms in total. The molecular weight excluding hydrogens is 334 g/mol.